The largest absolute Gasteiger partial charge is 0.493 e. The van der Waals surface area contributed by atoms with E-state index < -0.39 is 0 Å². The van der Waals surface area contributed by atoms with Crippen molar-refractivity contribution in [2.45, 2.75) is 19.9 Å². The number of benzene rings is 2. The summed E-state index contributed by atoms with van der Waals surface area (Å²) in [5.41, 5.74) is 2.46. The smallest absolute Gasteiger partial charge is 0.251 e. The summed E-state index contributed by atoms with van der Waals surface area (Å²) >= 11 is 0. The second-order valence-electron chi connectivity index (χ2n) is 6.32. The molecule has 7 nitrogen and oxygen atoms in total. The third-order valence-corrected chi connectivity index (χ3v) is 4.04. The molecule has 0 saturated heterocycles. The first kappa shape index (κ1) is 22.2. The zero-order valence-electron chi connectivity index (χ0n) is 17.3. The monoisotopic (exact) mass is 398 g/mol. The summed E-state index contributed by atoms with van der Waals surface area (Å²) in [6, 6.07) is 15.2. The van der Waals surface area contributed by atoms with Crippen LogP contribution in [0.3, 0.4) is 0 Å². The number of nitrogens with one attached hydrogen (secondary N) is 3. The number of aliphatic imine (C=N–C) groups is 1. The lowest BCUT2D eigenvalue weighted by Gasteiger charge is -2.13. The molecule has 7 heteroatoms. The Hall–Kier alpha value is -3.06. The minimum absolute atomic E-state index is 0.108. The molecule has 156 valence electrons. The van der Waals surface area contributed by atoms with E-state index in [1.807, 2.05) is 49.4 Å². The molecular formula is C22H30N4O3. The average Bonchev–Trinajstić information content (AvgIpc) is 2.75. The molecule has 1 amide bonds. The van der Waals surface area contributed by atoms with Gasteiger partial charge in [0.15, 0.2) is 5.96 Å². The van der Waals surface area contributed by atoms with Crippen molar-refractivity contribution in [1.82, 2.24) is 10.6 Å². The van der Waals surface area contributed by atoms with E-state index in [4.69, 9.17) is 9.47 Å². The van der Waals surface area contributed by atoms with Crippen molar-refractivity contribution in [1.29, 1.82) is 0 Å². The lowest BCUT2D eigenvalue weighted by Crippen LogP contribution is -2.30. The lowest BCUT2D eigenvalue weighted by atomic mass is 10.1. The highest BCUT2D eigenvalue weighted by molar-refractivity contribution is 5.94. The quantitative estimate of drug-likeness (QED) is 0.325. The first-order valence-electron chi connectivity index (χ1n) is 9.74. The standard InChI is InChI=1S/C22H30N4O3/c1-4-24-22(25-16-17-8-5-9-18(14-17)21(27)23-2)26-19-10-6-11-20(15-19)29-13-7-12-28-3/h5-6,8-11,14-15H,4,7,12-13,16H2,1-3H3,(H,23,27)(H2,24,25,26). The molecule has 0 saturated carbocycles. The third kappa shape index (κ3) is 7.83. The Kier molecular flexibility index (Phi) is 9.51. The van der Waals surface area contributed by atoms with Gasteiger partial charge in [-0.25, -0.2) is 4.99 Å². The van der Waals surface area contributed by atoms with Gasteiger partial charge in [0.2, 0.25) is 0 Å². The summed E-state index contributed by atoms with van der Waals surface area (Å²) < 4.78 is 10.8. The molecule has 0 aliphatic rings. The van der Waals surface area contributed by atoms with Gasteiger partial charge in [0.25, 0.3) is 5.91 Å². The van der Waals surface area contributed by atoms with Gasteiger partial charge in [-0.1, -0.05) is 18.2 Å². The van der Waals surface area contributed by atoms with E-state index >= 15 is 0 Å². The number of methoxy groups -OCH3 is 1. The van der Waals surface area contributed by atoms with Gasteiger partial charge in [-0.05, 0) is 36.8 Å². The van der Waals surface area contributed by atoms with Crippen molar-refractivity contribution in [3.63, 3.8) is 0 Å². The number of ether oxygens (including phenoxy) is 2. The zero-order valence-corrected chi connectivity index (χ0v) is 17.3. The molecule has 2 rings (SSSR count). The molecule has 0 radical (unpaired) electrons. The van der Waals surface area contributed by atoms with E-state index in [1.165, 1.54) is 0 Å². The van der Waals surface area contributed by atoms with Gasteiger partial charge < -0.3 is 25.4 Å². The molecule has 0 aliphatic carbocycles. The fraction of sp³-hybridized carbons (Fsp3) is 0.364. The average molecular weight is 399 g/mol. The highest BCUT2D eigenvalue weighted by Crippen LogP contribution is 2.17. The topological polar surface area (TPSA) is 84.0 Å². The molecule has 0 spiro atoms. The van der Waals surface area contributed by atoms with E-state index in [9.17, 15) is 4.79 Å². The highest BCUT2D eigenvalue weighted by atomic mass is 16.5. The number of carbonyl (C=O) groups is 1. The summed E-state index contributed by atoms with van der Waals surface area (Å²) in [6.45, 7) is 4.48. The fourth-order valence-electron chi connectivity index (χ4n) is 2.63. The summed E-state index contributed by atoms with van der Waals surface area (Å²) in [5, 5.41) is 9.16. The van der Waals surface area contributed by atoms with Gasteiger partial charge in [0, 0.05) is 51.0 Å². The van der Waals surface area contributed by atoms with Crippen molar-refractivity contribution >= 4 is 17.6 Å². The number of rotatable bonds is 10. The summed E-state index contributed by atoms with van der Waals surface area (Å²) in [4.78, 5) is 16.4. The minimum atomic E-state index is -0.108. The van der Waals surface area contributed by atoms with Gasteiger partial charge in [0.05, 0.1) is 13.2 Å². The Morgan fingerprint density at radius 1 is 1.10 bits per heavy atom. The summed E-state index contributed by atoms with van der Waals surface area (Å²) in [7, 11) is 3.30. The van der Waals surface area contributed by atoms with E-state index in [0.29, 0.717) is 31.3 Å². The number of hydrogen-bond donors (Lipinski definition) is 3. The van der Waals surface area contributed by atoms with Gasteiger partial charge in [0.1, 0.15) is 5.75 Å². The number of hydrogen-bond acceptors (Lipinski definition) is 4. The van der Waals surface area contributed by atoms with Crippen molar-refractivity contribution in [2.24, 2.45) is 4.99 Å². The minimum Gasteiger partial charge on any atom is -0.493 e. The molecule has 0 aromatic heterocycles. The molecule has 0 atom stereocenters. The molecule has 0 fully saturated rings. The predicted octanol–water partition coefficient (Wildman–Crippen LogP) is 3.04. The van der Waals surface area contributed by atoms with E-state index in [-0.39, 0.29) is 5.91 Å². The molecular weight excluding hydrogens is 368 g/mol. The molecule has 2 aromatic carbocycles. The van der Waals surface area contributed by atoms with Crippen LogP contribution in [0.2, 0.25) is 0 Å². The van der Waals surface area contributed by atoms with Crippen LogP contribution in [0.5, 0.6) is 5.75 Å². The fourth-order valence-corrected chi connectivity index (χ4v) is 2.63. The molecule has 0 unspecified atom stereocenters. The molecule has 2 aromatic rings. The van der Waals surface area contributed by atoms with Gasteiger partial charge in [-0.2, -0.15) is 0 Å². The Bertz CT molecular complexity index is 808. The maximum atomic E-state index is 11.8. The first-order chi connectivity index (χ1) is 14.2. The summed E-state index contributed by atoms with van der Waals surface area (Å²) in [5.74, 6) is 1.35. The first-order valence-corrected chi connectivity index (χ1v) is 9.74. The maximum absolute atomic E-state index is 11.8. The predicted molar refractivity (Wildman–Crippen MR) is 117 cm³/mol. The number of nitrogens with zero attached hydrogens (tertiary/aromatic N) is 1. The molecule has 0 bridgehead atoms. The number of amides is 1. The van der Waals surface area contributed by atoms with Gasteiger partial charge in [-0.3, -0.25) is 4.79 Å². The Morgan fingerprint density at radius 3 is 2.69 bits per heavy atom. The lowest BCUT2D eigenvalue weighted by molar-refractivity contribution is 0.0963. The van der Waals surface area contributed by atoms with Crippen LogP contribution in [0, 0.1) is 0 Å². The van der Waals surface area contributed by atoms with Crippen LogP contribution in [-0.4, -0.2) is 45.8 Å². The molecule has 0 heterocycles. The summed E-state index contributed by atoms with van der Waals surface area (Å²) in [6.07, 6.45) is 0.841. The highest BCUT2D eigenvalue weighted by Gasteiger charge is 2.05. The van der Waals surface area contributed by atoms with Crippen LogP contribution in [-0.2, 0) is 11.3 Å². The number of carbonyl (C=O) groups excluding carboxylic acids is 1. The molecule has 3 N–H and O–H groups in total. The number of guanidine groups is 1. The second kappa shape index (κ2) is 12.4. The van der Waals surface area contributed by atoms with Crippen molar-refractivity contribution in [2.75, 3.05) is 39.2 Å². The van der Waals surface area contributed by atoms with Crippen molar-refractivity contribution < 1.29 is 14.3 Å². The van der Waals surface area contributed by atoms with Gasteiger partial charge in [-0.15, -0.1) is 0 Å². The van der Waals surface area contributed by atoms with Crippen molar-refractivity contribution in [3.05, 3.63) is 59.7 Å². The van der Waals surface area contributed by atoms with Crippen LogP contribution in [0.4, 0.5) is 5.69 Å². The normalized spacial score (nSPS) is 11.1. The number of anilines is 1. The van der Waals surface area contributed by atoms with E-state index in [0.717, 1.165) is 30.0 Å². The Morgan fingerprint density at radius 2 is 1.93 bits per heavy atom. The second-order valence-corrected chi connectivity index (χ2v) is 6.32. The van der Waals surface area contributed by atoms with Crippen LogP contribution in [0.25, 0.3) is 0 Å². The molecule has 0 aliphatic heterocycles. The van der Waals surface area contributed by atoms with Crippen LogP contribution >= 0.6 is 0 Å². The van der Waals surface area contributed by atoms with Crippen molar-refractivity contribution in [3.8, 4) is 5.75 Å². The zero-order chi connectivity index (χ0) is 20.9. The molecule has 29 heavy (non-hydrogen) atoms. The Labute approximate surface area is 172 Å². The van der Waals surface area contributed by atoms with Gasteiger partial charge >= 0.3 is 0 Å². The Balaban J connectivity index is 2.03. The van der Waals surface area contributed by atoms with Crippen LogP contribution in [0.1, 0.15) is 29.3 Å². The van der Waals surface area contributed by atoms with E-state index in [1.54, 1.807) is 20.2 Å². The maximum Gasteiger partial charge on any atom is 0.251 e. The van der Waals surface area contributed by atoms with Crippen LogP contribution in [0.15, 0.2) is 53.5 Å². The third-order valence-electron chi connectivity index (χ3n) is 4.04. The van der Waals surface area contributed by atoms with E-state index in [2.05, 4.69) is 20.9 Å². The SMILES string of the molecule is CCNC(=NCc1cccc(C(=O)NC)c1)Nc1cccc(OCCCOC)c1. The van der Waals surface area contributed by atoms with Crippen LogP contribution < -0.4 is 20.7 Å².